The zero-order chi connectivity index (χ0) is 14.5. The fraction of sp³-hybridized carbons (Fsp3) is 0.455. The largest absolute Gasteiger partial charge is 0.272 e. The average molecular weight is 307 g/mol. The Hall–Kier alpha value is -1.18. The van der Waals surface area contributed by atoms with Crippen LogP contribution in [-0.2, 0) is 16.6 Å². The summed E-state index contributed by atoms with van der Waals surface area (Å²) in [5, 5.41) is 10.8. The van der Waals surface area contributed by atoms with Gasteiger partial charge in [0.15, 0.2) is 0 Å². The maximum absolute atomic E-state index is 11.6. The highest BCUT2D eigenvalue weighted by Crippen LogP contribution is 2.20. The molecule has 0 unspecified atom stereocenters. The fourth-order valence-electron chi connectivity index (χ4n) is 1.56. The Morgan fingerprint density at radius 1 is 1.42 bits per heavy atom. The summed E-state index contributed by atoms with van der Waals surface area (Å²) < 4.78 is 25.6. The first-order valence-electron chi connectivity index (χ1n) is 5.63. The van der Waals surface area contributed by atoms with Crippen LogP contribution in [0.4, 0.5) is 5.69 Å². The van der Waals surface area contributed by atoms with Crippen LogP contribution in [0.15, 0.2) is 18.2 Å². The molecule has 0 aliphatic heterocycles. The highest BCUT2D eigenvalue weighted by Gasteiger charge is 2.15. The molecule has 1 rings (SSSR count). The van der Waals surface area contributed by atoms with Crippen LogP contribution in [-0.4, -0.2) is 25.0 Å². The molecule has 0 heterocycles. The van der Waals surface area contributed by atoms with Gasteiger partial charge in [0.2, 0.25) is 10.0 Å². The van der Waals surface area contributed by atoms with Crippen molar-refractivity contribution in [2.24, 2.45) is 0 Å². The lowest BCUT2D eigenvalue weighted by Crippen LogP contribution is -2.26. The molecule has 0 radical (unpaired) electrons. The van der Waals surface area contributed by atoms with Gasteiger partial charge in [0.1, 0.15) is 0 Å². The van der Waals surface area contributed by atoms with Gasteiger partial charge in [-0.25, -0.2) is 13.1 Å². The van der Waals surface area contributed by atoms with Crippen molar-refractivity contribution in [3.05, 3.63) is 39.4 Å². The van der Waals surface area contributed by atoms with Gasteiger partial charge in [-0.2, -0.15) is 0 Å². The van der Waals surface area contributed by atoms with Crippen LogP contribution in [0.1, 0.15) is 17.5 Å². The van der Waals surface area contributed by atoms with Gasteiger partial charge in [0.25, 0.3) is 5.69 Å². The standard InChI is InChI=1S/C11H15ClN2O4S/c1-9-10(4-2-5-11(9)14(15)16)8-13-19(17,18)7-3-6-12/h2,4-5,13H,3,6-8H2,1H3. The molecule has 6 nitrogen and oxygen atoms in total. The molecule has 8 heteroatoms. The van der Waals surface area contributed by atoms with Gasteiger partial charge in [-0.15, -0.1) is 11.6 Å². The lowest BCUT2D eigenvalue weighted by Gasteiger charge is -2.08. The minimum Gasteiger partial charge on any atom is -0.258 e. The minimum atomic E-state index is -3.40. The summed E-state index contributed by atoms with van der Waals surface area (Å²) in [6.45, 7) is 1.64. The van der Waals surface area contributed by atoms with E-state index in [9.17, 15) is 18.5 Å². The summed E-state index contributed by atoms with van der Waals surface area (Å²) >= 11 is 5.44. The molecule has 0 atom stereocenters. The zero-order valence-corrected chi connectivity index (χ0v) is 12.0. The Kier molecular flexibility index (Phi) is 5.71. The van der Waals surface area contributed by atoms with Gasteiger partial charge in [-0.3, -0.25) is 10.1 Å². The topological polar surface area (TPSA) is 89.3 Å². The summed E-state index contributed by atoms with van der Waals surface area (Å²) in [6, 6.07) is 4.58. The third-order valence-corrected chi connectivity index (χ3v) is 4.32. The Morgan fingerprint density at radius 3 is 2.68 bits per heavy atom. The first-order valence-corrected chi connectivity index (χ1v) is 7.82. The third kappa shape index (κ3) is 4.77. The molecule has 0 amide bonds. The number of rotatable bonds is 7. The van der Waals surface area contributed by atoms with Crippen molar-refractivity contribution in [3.8, 4) is 0 Å². The van der Waals surface area contributed by atoms with Crippen LogP contribution in [0.2, 0.25) is 0 Å². The molecule has 19 heavy (non-hydrogen) atoms. The molecule has 0 saturated carbocycles. The smallest absolute Gasteiger partial charge is 0.258 e. The quantitative estimate of drug-likeness (QED) is 0.473. The molecule has 1 aromatic carbocycles. The number of nitro groups is 1. The number of nitrogens with one attached hydrogen (secondary N) is 1. The number of hydrogen-bond acceptors (Lipinski definition) is 4. The van der Waals surface area contributed by atoms with Crippen molar-refractivity contribution in [2.75, 3.05) is 11.6 Å². The summed E-state index contributed by atoms with van der Waals surface area (Å²) in [5.74, 6) is 0.223. The van der Waals surface area contributed by atoms with Crippen molar-refractivity contribution in [3.63, 3.8) is 0 Å². The van der Waals surface area contributed by atoms with Crippen molar-refractivity contribution in [1.82, 2.24) is 4.72 Å². The first kappa shape index (κ1) is 15.9. The second-order valence-electron chi connectivity index (χ2n) is 4.00. The Balaban J connectivity index is 2.79. The van der Waals surface area contributed by atoms with Gasteiger partial charge in [0, 0.05) is 24.1 Å². The van der Waals surface area contributed by atoms with Gasteiger partial charge < -0.3 is 0 Å². The van der Waals surface area contributed by atoms with E-state index in [4.69, 9.17) is 11.6 Å². The molecule has 106 valence electrons. The first-order chi connectivity index (χ1) is 8.87. The summed E-state index contributed by atoms with van der Waals surface area (Å²) in [6.07, 6.45) is 0.366. The molecule has 0 fully saturated rings. The lowest BCUT2D eigenvalue weighted by molar-refractivity contribution is -0.385. The highest BCUT2D eigenvalue weighted by molar-refractivity contribution is 7.89. The summed E-state index contributed by atoms with van der Waals surface area (Å²) in [5.41, 5.74) is 1.04. The lowest BCUT2D eigenvalue weighted by atomic mass is 10.1. The zero-order valence-electron chi connectivity index (χ0n) is 10.4. The number of sulfonamides is 1. The van der Waals surface area contributed by atoms with Crippen molar-refractivity contribution >= 4 is 27.3 Å². The summed E-state index contributed by atoms with van der Waals surface area (Å²) in [7, 11) is -3.40. The molecule has 0 aromatic heterocycles. The average Bonchev–Trinajstić information content (AvgIpc) is 2.35. The van der Waals surface area contributed by atoms with E-state index in [0.29, 0.717) is 17.5 Å². The Morgan fingerprint density at radius 2 is 2.11 bits per heavy atom. The van der Waals surface area contributed by atoms with Gasteiger partial charge in [-0.1, -0.05) is 12.1 Å². The molecular weight excluding hydrogens is 292 g/mol. The van der Waals surface area contributed by atoms with E-state index in [1.165, 1.54) is 12.1 Å². The number of hydrogen-bond donors (Lipinski definition) is 1. The van der Waals surface area contributed by atoms with Crippen LogP contribution in [0.3, 0.4) is 0 Å². The van der Waals surface area contributed by atoms with Crippen LogP contribution in [0.5, 0.6) is 0 Å². The highest BCUT2D eigenvalue weighted by atomic mass is 35.5. The van der Waals surface area contributed by atoms with E-state index >= 15 is 0 Å². The molecule has 1 N–H and O–H groups in total. The number of alkyl halides is 1. The third-order valence-electron chi connectivity index (χ3n) is 2.64. The summed E-state index contributed by atoms with van der Waals surface area (Å²) in [4.78, 5) is 10.3. The predicted octanol–water partition coefficient (Wildman–Crippen LogP) is 1.95. The maximum Gasteiger partial charge on any atom is 0.272 e. The van der Waals surface area contributed by atoms with E-state index < -0.39 is 14.9 Å². The van der Waals surface area contributed by atoms with Gasteiger partial charge in [-0.05, 0) is 18.9 Å². The van der Waals surface area contributed by atoms with E-state index in [1.807, 2.05) is 0 Å². The molecule has 0 aliphatic carbocycles. The Labute approximate surface area is 117 Å². The fourth-order valence-corrected chi connectivity index (χ4v) is 2.90. The number of nitro benzene ring substituents is 1. The number of nitrogens with zero attached hydrogens (tertiary/aromatic N) is 1. The molecule has 0 spiro atoms. The van der Waals surface area contributed by atoms with Crippen molar-refractivity contribution in [2.45, 2.75) is 19.9 Å². The normalized spacial score (nSPS) is 11.5. The minimum absolute atomic E-state index is 0.0162. The van der Waals surface area contributed by atoms with Crippen LogP contribution in [0.25, 0.3) is 0 Å². The van der Waals surface area contributed by atoms with Gasteiger partial charge in [0.05, 0.1) is 10.7 Å². The van der Waals surface area contributed by atoms with Crippen molar-refractivity contribution < 1.29 is 13.3 Å². The predicted molar refractivity (Wildman–Crippen MR) is 73.8 cm³/mol. The van der Waals surface area contributed by atoms with Crippen LogP contribution in [0, 0.1) is 17.0 Å². The molecule has 0 bridgehead atoms. The number of benzene rings is 1. The van der Waals surface area contributed by atoms with Crippen LogP contribution >= 0.6 is 11.6 Å². The Bertz CT molecular complexity index is 560. The number of halogens is 1. The molecule has 1 aromatic rings. The van der Waals surface area contributed by atoms with Gasteiger partial charge >= 0.3 is 0 Å². The monoisotopic (exact) mass is 306 g/mol. The SMILES string of the molecule is Cc1c(CNS(=O)(=O)CCCCl)cccc1[N+](=O)[O-]. The van der Waals surface area contributed by atoms with Crippen LogP contribution < -0.4 is 4.72 Å². The van der Waals surface area contributed by atoms with E-state index in [1.54, 1.807) is 13.0 Å². The van der Waals surface area contributed by atoms with Crippen molar-refractivity contribution in [1.29, 1.82) is 0 Å². The maximum atomic E-state index is 11.6. The second kappa shape index (κ2) is 6.83. The second-order valence-corrected chi connectivity index (χ2v) is 6.31. The molecular formula is C11H15ClN2O4S. The van der Waals surface area contributed by atoms with E-state index in [0.717, 1.165) is 0 Å². The molecule has 0 aliphatic rings. The molecule has 0 saturated heterocycles. The van der Waals surface area contributed by atoms with E-state index in [2.05, 4.69) is 4.72 Å². The van der Waals surface area contributed by atoms with E-state index in [-0.39, 0.29) is 23.9 Å².